The van der Waals surface area contributed by atoms with E-state index < -0.39 is 17.6 Å². The zero-order chi connectivity index (χ0) is 22.2. The van der Waals surface area contributed by atoms with Gasteiger partial charge < -0.3 is 5.32 Å². The number of amides is 1. The highest BCUT2D eigenvalue weighted by atomic mass is 19.4. The molecule has 1 N–H and O–H groups in total. The summed E-state index contributed by atoms with van der Waals surface area (Å²) in [6.45, 7) is 4.14. The molecule has 31 heavy (non-hydrogen) atoms. The Balaban J connectivity index is 1.74. The molecule has 4 nitrogen and oxygen atoms in total. The molecular weight excluding hydrogens is 403 g/mol. The third-order valence-corrected chi connectivity index (χ3v) is 5.08. The van der Waals surface area contributed by atoms with Crippen LogP contribution in [0.2, 0.25) is 0 Å². The average molecular weight is 423 g/mol. The number of alkyl halides is 3. The summed E-state index contributed by atoms with van der Waals surface area (Å²) in [5.74, 6) is -0.121. The summed E-state index contributed by atoms with van der Waals surface area (Å²) in [7, 11) is 0. The maximum Gasteiger partial charge on any atom is 0.416 e. The standard InChI is InChI=1S/C24H20F3N3O/c1-14(2)20-11-16(8-9-28-20)15-4-3-5-17(10-15)21-13-23(31)30-22-12-18(24(25,26)27)6-7-19(22)29-21/h3-12,14H,13H2,1-2H3,(H,30,31). The number of pyridine rings is 1. The van der Waals surface area contributed by atoms with Gasteiger partial charge in [0, 0.05) is 11.9 Å². The second-order valence-electron chi connectivity index (χ2n) is 7.72. The number of aromatic nitrogens is 1. The van der Waals surface area contributed by atoms with Gasteiger partial charge in [-0.05, 0) is 59.0 Å². The largest absolute Gasteiger partial charge is 0.416 e. The molecule has 0 saturated carbocycles. The van der Waals surface area contributed by atoms with Crippen molar-refractivity contribution in [3.8, 4) is 11.1 Å². The number of carbonyl (C=O) groups is 1. The fourth-order valence-electron chi connectivity index (χ4n) is 3.43. The normalized spacial score (nSPS) is 14.0. The molecule has 0 fully saturated rings. The molecule has 1 aliphatic heterocycles. The van der Waals surface area contributed by atoms with E-state index in [1.54, 1.807) is 6.20 Å². The molecule has 1 aromatic heterocycles. The highest BCUT2D eigenvalue weighted by Gasteiger charge is 2.31. The molecule has 0 saturated heterocycles. The van der Waals surface area contributed by atoms with Crippen molar-refractivity contribution < 1.29 is 18.0 Å². The van der Waals surface area contributed by atoms with Gasteiger partial charge in [0.15, 0.2) is 0 Å². The highest BCUT2D eigenvalue weighted by Crippen LogP contribution is 2.37. The molecule has 2 aromatic carbocycles. The fraction of sp³-hybridized carbons (Fsp3) is 0.208. The smallest absolute Gasteiger partial charge is 0.324 e. The van der Waals surface area contributed by atoms with Gasteiger partial charge >= 0.3 is 6.18 Å². The first-order chi connectivity index (χ1) is 14.7. The van der Waals surface area contributed by atoms with E-state index in [-0.39, 0.29) is 18.0 Å². The minimum atomic E-state index is -4.49. The van der Waals surface area contributed by atoms with Crippen LogP contribution < -0.4 is 5.32 Å². The molecule has 0 atom stereocenters. The molecule has 0 radical (unpaired) electrons. The van der Waals surface area contributed by atoms with Crippen LogP contribution in [0.15, 0.2) is 65.8 Å². The van der Waals surface area contributed by atoms with Gasteiger partial charge in [0.2, 0.25) is 5.91 Å². The quantitative estimate of drug-likeness (QED) is 0.533. The van der Waals surface area contributed by atoms with E-state index in [1.807, 2.05) is 36.4 Å². The number of aliphatic imine (C=N–C) groups is 1. The van der Waals surface area contributed by atoms with Crippen LogP contribution in [0.1, 0.15) is 43.0 Å². The van der Waals surface area contributed by atoms with Crippen LogP contribution in [-0.4, -0.2) is 16.6 Å². The maximum absolute atomic E-state index is 13.0. The van der Waals surface area contributed by atoms with E-state index in [0.717, 1.165) is 34.5 Å². The summed E-state index contributed by atoms with van der Waals surface area (Å²) >= 11 is 0. The lowest BCUT2D eigenvalue weighted by Crippen LogP contribution is -2.15. The van der Waals surface area contributed by atoms with Gasteiger partial charge in [0.05, 0.1) is 29.1 Å². The Hall–Kier alpha value is -3.48. The van der Waals surface area contributed by atoms with Gasteiger partial charge in [-0.25, -0.2) is 0 Å². The lowest BCUT2D eigenvalue weighted by atomic mass is 9.98. The van der Waals surface area contributed by atoms with Crippen LogP contribution in [0.3, 0.4) is 0 Å². The lowest BCUT2D eigenvalue weighted by Gasteiger charge is -2.10. The number of carbonyl (C=O) groups excluding carboxylic acids is 1. The Morgan fingerprint density at radius 3 is 2.45 bits per heavy atom. The third-order valence-electron chi connectivity index (χ3n) is 5.08. The number of nitrogens with zero attached hydrogens (tertiary/aromatic N) is 2. The van der Waals surface area contributed by atoms with E-state index in [1.165, 1.54) is 6.07 Å². The molecule has 4 rings (SSSR count). The van der Waals surface area contributed by atoms with Gasteiger partial charge in [-0.1, -0.05) is 32.0 Å². The molecule has 2 heterocycles. The first-order valence-corrected chi connectivity index (χ1v) is 9.86. The first-order valence-electron chi connectivity index (χ1n) is 9.86. The van der Waals surface area contributed by atoms with Gasteiger partial charge in [-0.15, -0.1) is 0 Å². The van der Waals surface area contributed by atoms with Gasteiger partial charge in [-0.3, -0.25) is 14.8 Å². The summed E-state index contributed by atoms with van der Waals surface area (Å²) in [5, 5.41) is 2.54. The third kappa shape index (κ3) is 4.50. The molecule has 1 aliphatic rings. The highest BCUT2D eigenvalue weighted by molar-refractivity contribution is 6.17. The monoisotopic (exact) mass is 423 g/mol. The number of hydrogen-bond acceptors (Lipinski definition) is 3. The van der Waals surface area contributed by atoms with Crippen molar-refractivity contribution in [3.63, 3.8) is 0 Å². The van der Waals surface area contributed by atoms with E-state index in [4.69, 9.17) is 0 Å². The summed E-state index contributed by atoms with van der Waals surface area (Å²) in [5.41, 5.74) is 3.68. The van der Waals surface area contributed by atoms with Crippen LogP contribution in [-0.2, 0) is 11.0 Å². The Morgan fingerprint density at radius 1 is 0.968 bits per heavy atom. The van der Waals surface area contributed by atoms with Crippen LogP contribution in [0.4, 0.5) is 24.5 Å². The van der Waals surface area contributed by atoms with Crippen LogP contribution in [0, 0.1) is 0 Å². The SMILES string of the molecule is CC(C)c1cc(-c2cccc(C3=Nc4ccc(C(F)(F)F)cc4NC(=O)C3)c2)ccn1. The molecular formula is C24H20F3N3O. The summed E-state index contributed by atoms with van der Waals surface area (Å²) in [6, 6.07) is 14.7. The minimum Gasteiger partial charge on any atom is -0.324 e. The maximum atomic E-state index is 13.0. The van der Waals surface area contributed by atoms with Crippen LogP contribution in [0.25, 0.3) is 11.1 Å². The topological polar surface area (TPSA) is 54.4 Å². The number of halogens is 3. The number of rotatable bonds is 3. The minimum absolute atomic E-state index is 0.0346. The van der Waals surface area contributed by atoms with E-state index in [0.29, 0.717) is 11.4 Å². The second-order valence-corrected chi connectivity index (χ2v) is 7.72. The molecule has 0 unspecified atom stereocenters. The molecule has 0 aliphatic carbocycles. The molecule has 7 heteroatoms. The number of hydrogen-bond donors (Lipinski definition) is 1. The predicted octanol–water partition coefficient (Wildman–Crippen LogP) is 6.35. The van der Waals surface area contributed by atoms with Crippen molar-refractivity contribution in [2.75, 3.05) is 5.32 Å². The predicted molar refractivity (Wildman–Crippen MR) is 115 cm³/mol. The van der Waals surface area contributed by atoms with Crippen molar-refractivity contribution in [1.82, 2.24) is 4.98 Å². The van der Waals surface area contributed by atoms with E-state index in [2.05, 4.69) is 29.1 Å². The number of fused-ring (bicyclic) bond motifs is 1. The van der Waals surface area contributed by atoms with Crippen molar-refractivity contribution in [3.05, 3.63) is 77.6 Å². The number of benzene rings is 2. The first kappa shape index (κ1) is 20.8. The van der Waals surface area contributed by atoms with Gasteiger partial charge in [0.1, 0.15) is 0 Å². The fourth-order valence-corrected chi connectivity index (χ4v) is 3.43. The zero-order valence-corrected chi connectivity index (χ0v) is 17.0. The van der Waals surface area contributed by atoms with Crippen molar-refractivity contribution in [1.29, 1.82) is 0 Å². The van der Waals surface area contributed by atoms with Crippen molar-refractivity contribution in [2.24, 2.45) is 4.99 Å². The lowest BCUT2D eigenvalue weighted by molar-refractivity contribution is -0.137. The Kier molecular flexibility index (Phi) is 5.35. The van der Waals surface area contributed by atoms with Gasteiger partial charge in [-0.2, -0.15) is 13.2 Å². The average Bonchev–Trinajstić information content (AvgIpc) is 2.90. The summed E-state index contributed by atoms with van der Waals surface area (Å²) in [4.78, 5) is 21.3. The molecule has 0 spiro atoms. The molecule has 158 valence electrons. The zero-order valence-electron chi connectivity index (χ0n) is 17.0. The van der Waals surface area contributed by atoms with Gasteiger partial charge in [0.25, 0.3) is 0 Å². The molecule has 1 amide bonds. The molecule has 0 bridgehead atoms. The second kappa shape index (κ2) is 7.98. The Labute approximate surface area is 177 Å². The number of anilines is 1. The number of nitrogens with one attached hydrogen (secondary N) is 1. The Bertz CT molecular complexity index is 1180. The summed E-state index contributed by atoms with van der Waals surface area (Å²) < 4.78 is 39.1. The Morgan fingerprint density at radius 2 is 1.71 bits per heavy atom. The van der Waals surface area contributed by atoms with Crippen molar-refractivity contribution >= 4 is 23.0 Å². The summed E-state index contributed by atoms with van der Waals surface area (Å²) in [6.07, 6.45) is -2.76. The van der Waals surface area contributed by atoms with Crippen molar-refractivity contribution in [2.45, 2.75) is 32.4 Å². The van der Waals surface area contributed by atoms with E-state index >= 15 is 0 Å². The van der Waals surface area contributed by atoms with Crippen LogP contribution in [0.5, 0.6) is 0 Å². The van der Waals surface area contributed by atoms with Crippen LogP contribution >= 0.6 is 0 Å². The molecule has 3 aromatic rings. The van der Waals surface area contributed by atoms with E-state index in [9.17, 15) is 18.0 Å².